The molecule has 122 valence electrons. The zero-order valence-electron chi connectivity index (χ0n) is 13.2. The predicted octanol–water partition coefficient (Wildman–Crippen LogP) is 1.14. The van der Waals surface area contributed by atoms with E-state index in [9.17, 15) is 9.59 Å². The molecule has 0 aliphatic carbocycles. The molecular formula is C16H21N5O2. The number of nitrogens with one attached hydrogen (secondary N) is 1. The maximum absolute atomic E-state index is 12.5. The molecule has 7 heteroatoms. The van der Waals surface area contributed by atoms with Crippen LogP contribution >= 0.6 is 0 Å². The molecule has 1 N–H and O–H groups in total. The molecule has 2 aromatic heterocycles. The maximum Gasteiger partial charge on any atom is 0.243 e. The van der Waals surface area contributed by atoms with Crippen molar-refractivity contribution >= 4 is 17.5 Å². The van der Waals surface area contributed by atoms with Gasteiger partial charge in [0.25, 0.3) is 0 Å². The molecule has 3 heterocycles. The number of fused-ring (bicyclic) bond motifs is 1. The molecule has 1 unspecified atom stereocenters. The van der Waals surface area contributed by atoms with Crippen LogP contribution in [-0.4, -0.2) is 43.9 Å². The van der Waals surface area contributed by atoms with Crippen molar-refractivity contribution in [2.75, 3.05) is 6.54 Å². The zero-order valence-corrected chi connectivity index (χ0v) is 13.2. The molecule has 1 aliphatic rings. The fraction of sp³-hybridized carbons (Fsp3) is 0.500. The Morgan fingerprint density at radius 2 is 2.17 bits per heavy atom. The number of carbonyl (C=O) groups is 2. The minimum absolute atomic E-state index is 0.0396. The second-order valence-corrected chi connectivity index (χ2v) is 5.72. The van der Waals surface area contributed by atoms with E-state index in [1.807, 2.05) is 35.7 Å². The highest BCUT2D eigenvalue weighted by atomic mass is 16.2. The summed E-state index contributed by atoms with van der Waals surface area (Å²) in [4.78, 5) is 26.2. The summed E-state index contributed by atoms with van der Waals surface area (Å²) < 4.78 is 1.84. The summed E-state index contributed by atoms with van der Waals surface area (Å²) in [7, 11) is 0. The van der Waals surface area contributed by atoms with Crippen molar-refractivity contribution in [2.45, 2.75) is 45.2 Å². The lowest BCUT2D eigenvalue weighted by Crippen LogP contribution is -2.51. The Balaban J connectivity index is 1.67. The first-order valence-corrected chi connectivity index (χ1v) is 8.06. The molecule has 7 nitrogen and oxygen atoms in total. The molecule has 0 aromatic carbocycles. The van der Waals surface area contributed by atoms with E-state index in [4.69, 9.17) is 0 Å². The van der Waals surface area contributed by atoms with Gasteiger partial charge < -0.3 is 10.2 Å². The molecule has 23 heavy (non-hydrogen) atoms. The molecule has 0 bridgehead atoms. The number of rotatable bonds is 4. The summed E-state index contributed by atoms with van der Waals surface area (Å²) >= 11 is 0. The zero-order chi connectivity index (χ0) is 16.2. The van der Waals surface area contributed by atoms with Gasteiger partial charge in [-0.2, -0.15) is 0 Å². The second kappa shape index (κ2) is 6.76. The van der Waals surface area contributed by atoms with Crippen molar-refractivity contribution in [2.24, 2.45) is 0 Å². The molecule has 2 amide bonds. The van der Waals surface area contributed by atoms with E-state index in [1.54, 1.807) is 4.90 Å². The molecule has 1 aliphatic heterocycles. The Bertz CT molecular complexity index is 711. The average Bonchev–Trinajstić information content (AvgIpc) is 3.02. The standard InChI is InChI=1S/C16H21N5O2/c1-2-15(22)20-9-5-3-7-12(20)16(23)17-11-14-19-18-13-8-4-6-10-21(13)14/h4,6,8,10,12H,2-3,5,7,9,11H2,1H3,(H,17,23). The van der Waals surface area contributed by atoms with E-state index in [0.717, 1.165) is 24.9 Å². The monoisotopic (exact) mass is 315 g/mol. The van der Waals surface area contributed by atoms with Crippen LogP contribution in [-0.2, 0) is 16.1 Å². The third-order valence-electron chi connectivity index (χ3n) is 4.23. The van der Waals surface area contributed by atoms with Crippen LogP contribution < -0.4 is 5.32 Å². The summed E-state index contributed by atoms with van der Waals surface area (Å²) in [5, 5.41) is 11.1. The van der Waals surface area contributed by atoms with Crippen molar-refractivity contribution in [1.29, 1.82) is 0 Å². The number of piperidine rings is 1. The first-order chi connectivity index (χ1) is 11.2. The van der Waals surface area contributed by atoms with Crippen molar-refractivity contribution < 1.29 is 9.59 Å². The number of hydrogen-bond acceptors (Lipinski definition) is 4. The summed E-state index contributed by atoms with van der Waals surface area (Å²) in [6.45, 7) is 2.79. The van der Waals surface area contributed by atoms with E-state index < -0.39 is 0 Å². The molecular weight excluding hydrogens is 294 g/mol. The van der Waals surface area contributed by atoms with Crippen LogP contribution in [0, 0.1) is 0 Å². The first kappa shape index (κ1) is 15.5. The van der Waals surface area contributed by atoms with Gasteiger partial charge in [0.05, 0.1) is 6.54 Å². The number of carbonyl (C=O) groups excluding carboxylic acids is 2. The number of hydrogen-bond donors (Lipinski definition) is 1. The number of likely N-dealkylation sites (tertiary alicyclic amines) is 1. The Hall–Kier alpha value is -2.44. The van der Waals surface area contributed by atoms with Crippen LogP contribution in [0.2, 0.25) is 0 Å². The van der Waals surface area contributed by atoms with Gasteiger partial charge in [-0.05, 0) is 31.4 Å². The van der Waals surface area contributed by atoms with E-state index >= 15 is 0 Å². The molecule has 0 spiro atoms. The fourth-order valence-corrected chi connectivity index (χ4v) is 3.00. The quantitative estimate of drug-likeness (QED) is 0.917. The van der Waals surface area contributed by atoms with E-state index in [-0.39, 0.29) is 17.9 Å². The third kappa shape index (κ3) is 3.18. The van der Waals surface area contributed by atoms with Gasteiger partial charge in [-0.25, -0.2) is 0 Å². The van der Waals surface area contributed by atoms with Gasteiger partial charge in [0, 0.05) is 19.2 Å². The van der Waals surface area contributed by atoms with Crippen LogP contribution in [0.1, 0.15) is 38.4 Å². The van der Waals surface area contributed by atoms with Gasteiger partial charge in [-0.3, -0.25) is 14.0 Å². The van der Waals surface area contributed by atoms with Crippen LogP contribution in [0.4, 0.5) is 0 Å². The summed E-state index contributed by atoms with van der Waals surface area (Å²) in [5.74, 6) is 0.607. The largest absolute Gasteiger partial charge is 0.347 e. The highest BCUT2D eigenvalue weighted by Crippen LogP contribution is 2.18. The number of aromatic nitrogens is 3. The number of nitrogens with zero attached hydrogens (tertiary/aromatic N) is 4. The van der Waals surface area contributed by atoms with E-state index in [1.165, 1.54) is 0 Å². The predicted molar refractivity (Wildman–Crippen MR) is 84.5 cm³/mol. The van der Waals surface area contributed by atoms with Gasteiger partial charge in [0.1, 0.15) is 6.04 Å². The fourth-order valence-electron chi connectivity index (χ4n) is 3.00. The summed E-state index contributed by atoms with van der Waals surface area (Å²) in [6, 6.07) is 5.28. The highest BCUT2D eigenvalue weighted by molar-refractivity contribution is 5.87. The summed E-state index contributed by atoms with van der Waals surface area (Å²) in [6.07, 6.45) is 4.95. The second-order valence-electron chi connectivity index (χ2n) is 5.72. The molecule has 1 atom stereocenters. The minimum Gasteiger partial charge on any atom is -0.347 e. The summed E-state index contributed by atoms with van der Waals surface area (Å²) in [5.41, 5.74) is 0.747. The Kier molecular flexibility index (Phi) is 4.55. The van der Waals surface area contributed by atoms with Gasteiger partial charge >= 0.3 is 0 Å². The lowest BCUT2D eigenvalue weighted by atomic mass is 10.0. The molecule has 1 saturated heterocycles. The minimum atomic E-state index is -0.365. The maximum atomic E-state index is 12.5. The Morgan fingerprint density at radius 3 is 3.00 bits per heavy atom. The topological polar surface area (TPSA) is 79.6 Å². The van der Waals surface area contributed by atoms with E-state index in [2.05, 4.69) is 15.5 Å². The van der Waals surface area contributed by atoms with Crippen molar-refractivity contribution in [3.05, 3.63) is 30.2 Å². The number of pyridine rings is 1. The average molecular weight is 315 g/mol. The Morgan fingerprint density at radius 1 is 1.30 bits per heavy atom. The van der Waals surface area contributed by atoms with Gasteiger partial charge in [0.2, 0.25) is 11.8 Å². The Labute approximate surface area is 134 Å². The van der Waals surface area contributed by atoms with Gasteiger partial charge in [-0.15, -0.1) is 10.2 Å². The first-order valence-electron chi connectivity index (χ1n) is 8.06. The van der Waals surface area contributed by atoms with Crippen molar-refractivity contribution in [3.63, 3.8) is 0 Å². The SMILES string of the molecule is CCC(=O)N1CCCCC1C(=O)NCc1nnc2ccccn12. The third-order valence-corrected chi connectivity index (χ3v) is 4.23. The molecule has 2 aromatic rings. The molecule has 0 saturated carbocycles. The van der Waals surface area contributed by atoms with E-state index in [0.29, 0.717) is 25.3 Å². The van der Waals surface area contributed by atoms with Gasteiger partial charge in [-0.1, -0.05) is 13.0 Å². The van der Waals surface area contributed by atoms with Gasteiger partial charge in [0.15, 0.2) is 11.5 Å². The molecule has 1 fully saturated rings. The number of amides is 2. The lowest BCUT2D eigenvalue weighted by molar-refractivity contribution is -0.142. The normalized spacial score (nSPS) is 18.1. The van der Waals surface area contributed by atoms with Crippen LogP contribution in [0.5, 0.6) is 0 Å². The molecule has 0 radical (unpaired) electrons. The van der Waals surface area contributed by atoms with Crippen LogP contribution in [0.15, 0.2) is 24.4 Å². The van der Waals surface area contributed by atoms with Crippen LogP contribution in [0.25, 0.3) is 5.65 Å². The van der Waals surface area contributed by atoms with Crippen molar-refractivity contribution in [1.82, 2.24) is 24.8 Å². The van der Waals surface area contributed by atoms with Crippen LogP contribution in [0.3, 0.4) is 0 Å². The van der Waals surface area contributed by atoms with Crippen molar-refractivity contribution in [3.8, 4) is 0 Å². The highest BCUT2D eigenvalue weighted by Gasteiger charge is 2.31. The molecule has 3 rings (SSSR count). The smallest absolute Gasteiger partial charge is 0.243 e. The lowest BCUT2D eigenvalue weighted by Gasteiger charge is -2.34.